The molecule has 6 atom stereocenters. The summed E-state index contributed by atoms with van der Waals surface area (Å²) in [6.07, 6.45) is -1.86. The minimum absolute atomic E-state index is 0.00996. The highest BCUT2D eigenvalue weighted by Crippen LogP contribution is 2.52. The Morgan fingerprint density at radius 2 is 0.976 bits per heavy atom. The number of phenols is 4. The minimum atomic E-state index is -4.51. The lowest BCUT2D eigenvalue weighted by atomic mass is 9.81. The third-order valence-electron chi connectivity index (χ3n) is 16.3. The van der Waals surface area contributed by atoms with Crippen molar-refractivity contribution in [2.24, 2.45) is 23.7 Å². The summed E-state index contributed by atoms with van der Waals surface area (Å²) in [6.45, 7) is 25.6. The molecule has 13 heteroatoms. The average Bonchev–Trinajstić information content (AvgIpc) is 1.95. The first kappa shape index (κ1) is 61.0. The molecule has 4 N–H and O–H groups in total. The van der Waals surface area contributed by atoms with Crippen LogP contribution < -0.4 is 18.9 Å². The Hall–Kier alpha value is -7.09. The van der Waals surface area contributed by atoms with Crippen LogP contribution in [0.1, 0.15) is 140 Å². The molecule has 10 rings (SSSR count). The molecule has 0 spiro atoms. The van der Waals surface area contributed by atoms with Crippen molar-refractivity contribution in [1.29, 1.82) is 0 Å². The summed E-state index contributed by atoms with van der Waals surface area (Å²) >= 11 is 0. The molecule has 6 aromatic rings. The molecule has 4 heterocycles. The van der Waals surface area contributed by atoms with E-state index in [4.69, 9.17) is 18.9 Å². The van der Waals surface area contributed by atoms with Gasteiger partial charge in [-0.1, -0.05) is 110 Å². The van der Waals surface area contributed by atoms with E-state index in [-0.39, 0.29) is 63.5 Å². The zero-order valence-corrected chi connectivity index (χ0v) is 49.0. The first-order chi connectivity index (χ1) is 39.2. The van der Waals surface area contributed by atoms with E-state index in [9.17, 15) is 33.6 Å². The third-order valence-corrected chi connectivity index (χ3v) is 16.3. The van der Waals surface area contributed by atoms with E-state index in [0.717, 1.165) is 77.4 Å². The van der Waals surface area contributed by atoms with Crippen molar-refractivity contribution in [2.45, 2.75) is 125 Å². The molecule has 6 unspecified atom stereocenters. The standard InChI is InChI=1S/C32H37NO4.C31H32F3NO4.C6H14/c1-20(2)30-28-17-26(35)10-13-29(28)37-32(31(30)24-6-5-7-25(34)16-24)23-8-11-27(12-9-23)36-19-22(4)33-15-14-21(3)18-33;1-19-12-13-35(17-19)20(2)18-38-25-9-6-21(7-10-25)30-29(22-4-3-5-23(36)14-22)27(16-31(32,33)34)26-15-24(37)8-11-28(26)39-30;1-4-6(3)5-2/h5-13,16-17,20-22,32,34-35H,14-15,18-19H2,1-4H3;3-11,14-15,19-20,30,36-37H,12-13,16-18H2,1-2H3;6H,4-5H2,1-3H3. The fourth-order valence-electron chi connectivity index (χ4n) is 11.3. The molecule has 10 nitrogen and oxygen atoms in total. The van der Waals surface area contributed by atoms with Gasteiger partial charge in [-0.25, -0.2) is 0 Å². The number of aromatic hydroxyl groups is 4. The van der Waals surface area contributed by atoms with E-state index >= 15 is 0 Å². The maximum Gasteiger partial charge on any atom is 0.393 e. The molecular formula is C69H83F3N2O8. The Morgan fingerprint density at radius 1 is 0.549 bits per heavy atom. The van der Waals surface area contributed by atoms with Crippen molar-refractivity contribution in [1.82, 2.24) is 9.80 Å². The monoisotopic (exact) mass is 1120 g/mol. The normalized spacial score (nSPS) is 19.7. The number of ether oxygens (including phenoxy) is 4. The Balaban J connectivity index is 0.000000195. The Morgan fingerprint density at radius 3 is 1.38 bits per heavy atom. The van der Waals surface area contributed by atoms with Crippen molar-refractivity contribution in [3.63, 3.8) is 0 Å². The number of hydrogen-bond donors (Lipinski definition) is 4. The van der Waals surface area contributed by atoms with Gasteiger partial charge in [-0.15, -0.1) is 0 Å². The molecule has 0 radical (unpaired) electrons. The summed E-state index contributed by atoms with van der Waals surface area (Å²) in [5.74, 6) is 5.22. The molecule has 2 saturated heterocycles. The largest absolute Gasteiger partial charge is 0.508 e. The number of likely N-dealkylation sites (tertiary alicyclic amines) is 2. The van der Waals surface area contributed by atoms with Crippen LogP contribution in [0.15, 0.2) is 133 Å². The second-order valence-corrected chi connectivity index (χ2v) is 23.3. The zero-order valence-electron chi connectivity index (χ0n) is 49.0. The Kier molecular flexibility index (Phi) is 20.3. The molecule has 0 aromatic heterocycles. The molecule has 0 aliphatic carbocycles. The number of phenolic OH excluding ortho intramolecular Hbond substituents is 4. The summed E-state index contributed by atoms with van der Waals surface area (Å²) in [6, 6.07) is 38.8. The predicted molar refractivity (Wildman–Crippen MR) is 322 cm³/mol. The van der Waals surface area contributed by atoms with Crippen molar-refractivity contribution >= 4 is 22.3 Å². The average molecular weight is 1130 g/mol. The van der Waals surface area contributed by atoms with Crippen LogP contribution in [-0.4, -0.2) is 87.9 Å². The van der Waals surface area contributed by atoms with Gasteiger partial charge in [0, 0.05) is 47.4 Å². The van der Waals surface area contributed by atoms with Gasteiger partial charge < -0.3 is 39.4 Å². The van der Waals surface area contributed by atoms with Crippen molar-refractivity contribution in [3.8, 4) is 46.0 Å². The molecule has 438 valence electrons. The number of nitrogens with zero attached hydrogens (tertiary/aromatic N) is 2. The molecule has 0 bridgehead atoms. The zero-order chi connectivity index (χ0) is 58.8. The Bertz CT molecular complexity index is 3130. The van der Waals surface area contributed by atoms with E-state index in [1.807, 2.05) is 30.3 Å². The summed E-state index contributed by atoms with van der Waals surface area (Å²) in [5, 5.41) is 40.7. The van der Waals surface area contributed by atoms with E-state index in [1.165, 1.54) is 56.0 Å². The summed E-state index contributed by atoms with van der Waals surface area (Å²) in [7, 11) is 0. The fourth-order valence-corrected chi connectivity index (χ4v) is 11.3. The van der Waals surface area contributed by atoms with Gasteiger partial charge in [0.05, 0.1) is 6.42 Å². The molecule has 0 saturated carbocycles. The summed E-state index contributed by atoms with van der Waals surface area (Å²) < 4.78 is 66.6. The van der Waals surface area contributed by atoms with Crippen LogP contribution in [0.2, 0.25) is 0 Å². The van der Waals surface area contributed by atoms with Gasteiger partial charge in [0.15, 0.2) is 0 Å². The van der Waals surface area contributed by atoms with Gasteiger partial charge in [0.25, 0.3) is 0 Å². The lowest BCUT2D eigenvalue weighted by Crippen LogP contribution is -2.35. The fraction of sp³-hybridized carbons (Fsp3) is 0.420. The van der Waals surface area contributed by atoms with E-state index < -0.39 is 18.7 Å². The van der Waals surface area contributed by atoms with Crippen LogP contribution >= 0.6 is 0 Å². The maximum absolute atomic E-state index is 13.9. The number of benzene rings is 6. The predicted octanol–water partition coefficient (Wildman–Crippen LogP) is 16.6. The molecular weight excluding hydrogens is 1040 g/mol. The number of hydrogen-bond acceptors (Lipinski definition) is 10. The third kappa shape index (κ3) is 15.5. The minimum Gasteiger partial charge on any atom is -0.508 e. The van der Waals surface area contributed by atoms with Crippen molar-refractivity contribution in [2.75, 3.05) is 39.4 Å². The van der Waals surface area contributed by atoms with Crippen molar-refractivity contribution in [3.05, 3.63) is 167 Å². The summed E-state index contributed by atoms with van der Waals surface area (Å²) in [5.41, 5.74) is 6.37. The topological polar surface area (TPSA) is 124 Å². The van der Waals surface area contributed by atoms with Gasteiger partial charge in [-0.2, -0.15) is 13.2 Å². The first-order valence-corrected chi connectivity index (χ1v) is 29.2. The van der Waals surface area contributed by atoms with Crippen LogP contribution in [0.3, 0.4) is 0 Å². The highest BCUT2D eigenvalue weighted by molar-refractivity contribution is 5.98. The van der Waals surface area contributed by atoms with Crippen LogP contribution in [-0.2, 0) is 0 Å². The lowest BCUT2D eigenvalue weighted by molar-refractivity contribution is -0.123. The van der Waals surface area contributed by atoms with Gasteiger partial charge in [0.1, 0.15) is 71.4 Å². The SMILES string of the molecule is CC1CCN(C(C)COc2ccc(C3Oc4ccc(O)cc4C(C(C)C)=C3c3cccc(O)c3)cc2)C1.CC1CCN(C(C)COc2ccc(C3Oc4ccc(O)cc4C(CC(F)(F)F)=C3c3cccc(O)c3)cc2)C1.CCC(C)CC. The maximum atomic E-state index is 13.9. The van der Waals surface area contributed by atoms with Crippen LogP contribution in [0.25, 0.3) is 22.3 Å². The van der Waals surface area contributed by atoms with Gasteiger partial charge in [-0.3, -0.25) is 9.80 Å². The van der Waals surface area contributed by atoms with Gasteiger partial charge in [-0.05, 0) is 182 Å². The second-order valence-electron chi connectivity index (χ2n) is 23.3. The molecule has 6 aromatic carbocycles. The molecule has 4 aliphatic rings. The van der Waals surface area contributed by atoms with Gasteiger partial charge >= 0.3 is 6.18 Å². The number of rotatable bonds is 16. The van der Waals surface area contributed by atoms with Crippen molar-refractivity contribution < 1.29 is 52.5 Å². The molecule has 0 amide bonds. The van der Waals surface area contributed by atoms with Gasteiger partial charge in [0.2, 0.25) is 0 Å². The second kappa shape index (κ2) is 27.3. The Labute approximate surface area is 483 Å². The summed E-state index contributed by atoms with van der Waals surface area (Å²) in [4.78, 5) is 4.92. The van der Waals surface area contributed by atoms with E-state index in [0.29, 0.717) is 42.0 Å². The highest BCUT2D eigenvalue weighted by Gasteiger charge is 2.39. The van der Waals surface area contributed by atoms with E-state index in [2.05, 4.69) is 84.2 Å². The highest BCUT2D eigenvalue weighted by atomic mass is 19.4. The number of alkyl halides is 3. The molecule has 82 heavy (non-hydrogen) atoms. The molecule has 2 fully saturated rings. The number of halogens is 3. The first-order valence-electron chi connectivity index (χ1n) is 29.2. The van der Waals surface area contributed by atoms with Crippen LogP contribution in [0.4, 0.5) is 13.2 Å². The van der Waals surface area contributed by atoms with Crippen LogP contribution in [0.5, 0.6) is 46.0 Å². The lowest BCUT2D eigenvalue weighted by Gasteiger charge is -2.34. The molecule has 4 aliphatic heterocycles. The van der Waals surface area contributed by atoms with Crippen LogP contribution in [0, 0.1) is 23.7 Å². The number of fused-ring (bicyclic) bond motifs is 2. The quantitative estimate of drug-likeness (QED) is 0.0745. The van der Waals surface area contributed by atoms with E-state index in [1.54, 1.807) is 60.7 Å². The smallest absolute Gasteiger partial charge is 0.393 e. The number of allylic oxidation sites excluding steroid dienone is 2.